The Morgan fingerprint density at radius 3 is 2.63 bits per heavy atom. The van der Waals surface area contributed by atoms with E-state index in [0.29, 0.717) is 22.3 Å². The standard InChI is InChI=1S/C16H16O3/c1-10-12-8-9-15(2,3)19-16(12,18)13-7-5-4-6-11(13)14(10)17/h4-9,18H,1-3H3. The number of rotatable bonds is 0. The second-order valence-electron chi connectivity index (χ2n) is 5.60. The van der Waals surface area contributed by atoms with Crippen molar-refractivity contribution in [1.82, 2.24) is 0 Å². The molecule has 0 bridgehead atoms. The number of ether oxygens (including phenoxy) is 1. The number of carbonyl (C=O) groups is 1. The Hall–Kier alpha value is -1.71. The number of benzene rings is 1. The number of hydrogen-bond acceptors (Lipinski definition) is 3. The van der Waals surface area contributed by atoms with Gasteiger partial charge < -0.3 is 9.84 Å². The van der Waals surface area contributed by atoms with Gasteiger partial charge in [0.2, 0.25) is 5.79 Å². The van der Waals surface area contributed by atoms with E-state index in [0.717, 1.165) is 0 Å². The third kappa shape index (κ3) is 1.62. The molecule has 0 aromatic heterocycles. The van der Waals surface area contributed by atoms with Crippen LogP contribution in [0.25, 0.3) is 0 Å². The molecule has 1 aliphatic carbocycles. The zero-order valence-corrected chi connectivity index (χ0v) is 11.2. The van der Waals surface area contributed by atoms with Gasteiger partial charge in [-0.1, -0.05) is 36.4 Å². The number of Topliss-reactive ketones (excluding diaryl/α,β-unsaturated/α-hetero) is 1. The second-order valence-corrected chi connectivity index (χ2v) is 5.60. The van der Waals surface area contributed by atoms with Crippen molar-refractivity contribution >= 4 is 5.78 Å². The van der Waals surface area contributed by atoms with Crippen LogP contribution in [0.5, 0.6) is 0 Å². The summed E-state index contributed by atoms with van der Waals surface area (Å²) in [5, 5.41) is 11.0. The van der Waals surface area contributed by atoms with Crippen LogP contribution in [0.1, 0.15) is 36.7 Å². The maximum absolute atomic E-state index is 12.3. The maximum atomic E-state index is 12.3. The molecule has 1 heterocycles. The molecule has 1 aliphatic heterocycles. The first-order valence-electron chi connectivity index (χ1n) is 6.32. The molecule has 0 fully saturated rings. The summed E-state index contributed by atoms with van der Waals surface area (Å²) in [7, 11) is 0. The minimum absolute atomic E-state index is 0.0526. The van der Waals surface area contributed by atoms with Crippen LogP contribution in [-0.2, 0) is 10.5 Å². The van der Waals surface area contributed by atoms with Crippen molar-refractivity contribution < 1.29 is 14.6 Å². The molecular weight excluding hydrogens is 240 g/mol. The van der Waals surface area contributed by atoms with Crippen molar-refractivity contribution in [1.29, 1.82) is 0 Å². The Labute approximate surface area is 112 Å². The van der Waals surface area contributed by atoms with Crippen molar-refractivity contribution in [2.75, 3.05) is 0 Å². The molecule has 3 rings (SSSR count). The lowest BCUT2D eigenvalue weighted by Gasteiger charge is -2.43. The summed E-state index contributed by atoms with van der Waals surface area (Å²) in [6, 6.07) is 7.07. The number of hydrogen-bond donors (Lipinski definition) is 1. The summed E-state index contributed by atoms with van der Waals surface area (Å²) >= 11 is 0. The average molecular weight is 256 g/mol. The molecule has 98 valence electrons. The van der Waals surface area contributed by atoms with Gasteiger partial charge >= 0.3 is 0 Å². The van der Waals surface area contributed by atoms with Gasteiger partial charge in [0.1, 0.15) is 0 Å². The van der Waals surface area contributed by atoms with Gasteiger partial charge in [-0.3, -0.25) is 4.79 Å². The molecule has 19 heavy (non-hydrogen) atoms. The quantitative estimate of drug-likeness (QED) is 0.776. The van der Waals surface area contributed by atoms with Gasteiger partial charge in [0.25, 0.3) is 0 Å². The summed E-state index contributed by atoms with van der Waals surface area (Å²) in [6.45, 7) is 5.49. The van der Waals surface area contributed by atoms with Crippen LogP contribution >= 0.6 is 0 Å². The van der Waals surface area contributed by atoms with Crippen LogP contribution in [-0.4, -0.2) is 16.5 Å². The molecule has 1 N–H and O–H groups in total. The van der Waals surface area contributed by atoms with Crippen LogP contribution in [0.4, 0.5) is 0 Å². The Balaban J connectivity index is 2.33. The van der Waals surface area contributed by atoms with Gasteiger partial charge in [0.05, 0.1) is 5.60 Å². The minimum atomic E-state index is -1.53. The molecule has 0 amide bonds. The van der Waals surface area contributed by atoms with Crippen LogP contribution in [0.15, 0.2) is 47.6 Å². The minimum Gasteiger partial charge on any atom is -0.358 e. The van der Waals surface area contributed by atoms with Gasteiger partial charge in [-0.05, 0) is 20.8 Å². The van der Waals surface area contributed by atoms with E-state index >= 15 is 0 Å². The van der Waals surface area contributed by atoms with E-state index in [2.05, 4.69) is 0 Å². The highest BCUT2D eigenvalue weighted by Crippen LogP contribution is 2.46. The highest BCUT2D eigenvalue weighted by Gasteiger charge is 2.47. The van der Waals surface area contributed by atoms with Crippen LogP contribution in [0.3, 0.4) is 0 Å². The molecule has 2 aliphatic rings. The predicted molar refractivity (Wildman–Crippen MR) is 71.7 cm³/mol. The first kappa shape index (κ1) is 12.3. The number of allylic oxidation sites excluding steroid dienone is 1. The van der Waals surface area contributed by atoms with Gasteiger partial charge in [-0.15, -0.1) is 0 Å². The molecule has 0 saturated carbocycles. The summed E-state index contributed by atoms with van der Waals surface area (Å²) in [5.41, 5.74) is 1.53. The Morgan fingerprint density at radius 1 is 1.21 bits per heavy atom. The third-order valence-corrected chi connectivity index (χ3v) is 3.71. The third-order valence-electron chi connectivity index (χ3n) is 3.71. The molecule has 1 atom stereocenters. The second kappa shape index (κ2) is 3.65. The molecule has 0 saturated heterocycles. The lowest BCUT2D eigenvalue weighted by molar-refractivity contribution is -0.232. The van der Waals surface area contributed by atoms with E-state index in [1.54, 1.807) is 37.3 Å². The van der Waals surface area contributed by atoms with Crippen molar-refractivity contribution in [2.24, 2.45) is 0 Å². The SMILES string of the molecule is CC1=C2C=CC(C)(C)OC2(O)c2ccccc2C1=O. The number of carbonyl (C=O) groups excluding carboxylic acids is 1. The number of fused-ring (bicyclic) bond motifs is 3. The summed E-state index contributed by atoms with van der Waals surface area (Å²) in [4.78, 5) is 12.3. The van der Waals surface area contributed by atoms with E-state index in [1.807, 2.05) is 19.9 Å². The molecule has 1 aromatic carbocycles. The predicted octanol–water partition coefficient (Wildman–Crippen LogP) is 2.71. The monoisotopic (exact) mass is 256 g/mol. The van der Waals surface area contributed by atoms with Crippen LogP contribution in [0, 0.1) is 0 Å². The average Bonchev–Trinajstić information content (AvgIpc) is 2.35. The number of aliphatic hydroxyl groups is 1. The Morgan fingerprint density at radius 2 is 1.89 bits per heavy atom. The van der Waals surface area contributed by atoms with Crippen molar-refractivity contribution in [3.8, 4) is 0 Å². The van der Waals surface area contributed by atoms with E-state index in [1.165, 1.54) is 0 Å². The van der Waals surface area contributed by atoms with E-state index in [4.69, 9.17) is 4.74 Å². The van der Waals surface area contributed by atoms with E-state index in [-0.39, 0.29) is 5.78 Å². The molecule has 3 nitrogen and oxygen atoms in total. The number of ketones is 1. The van der Waals surface area contributed by atoms with Gasteiger partial charge in [-0.25, -0.2) is 0 Å². The molecule has 1 aromatic rings. The fourth-order valence-electron chi connectivity index (χ4n) is 2.75. The highest BCUT2D eigenvalue weighted by molar-refractivity contribution is 6.12. The highest BCUT2D eigenvalue weighted by atomic mass is 16.6. The first-order valence-corrected chi connectivity index (χ1v) is 6.32. The maximum Gasteiger partial charge on any atom is 0.221 e. The fraction of sp³-hybridized carbons (Fsp3) is 0.312. The first-order chi connectivity index (χ1) is 8.85. The fourth-order valence-corrected chi connectivity index (χ4v) is 2.75. The molecule has 0 radical (unpaired) electrons. The van der Waals surface area contributed by atoms with Crippen LogP contribution < -0.4 is 0 Å². The van der Waals surface area contributed by atoms with Gasteiger partial charge in [0.15, 0.2) is 5.78 Å². The van der Waals surface area contributed by atoms with Crippen molar-refractivity contribution in [2.45, 2.75) is 32.2 Å². The molecule has 0 spiro atoms. The zero-order valence-electron chi connectivity index (χ0n) is 11.2. The summed E-state index contributed by atoms with van der Waals surface area (Å²) in [6.07, 6.45) is 3.66. The Kier molecular flexibility index (Phi) is 2.37. The lowest BCUT2D eigenvalue weighted by atomic mass is 9.78. The zero-order chi connectivity index (χ0) is 13.8. The van der Waals surface area contributed by atoms with E-state index in [9.17, 15) is 9.90 Å². The smallest absolute Gasteiger partial charge is 0.221 e. The molecule has 3 heteroatoms. The van der Waals surface area contributed by atoms with Crippen LogP contribution in [0.2, 0.25) is 0 Å². The summed E-state index contributed by atoms with van der Waals surface area (Å²) < 4.78 is 5.87. The summed E-state index contributed by atoms with van der Waals surface area (Å²) in [5.74, 6) is -1.59. The largest absolute Gasteiger partial charge is 0.358 e. The van der Waals surface area contributed by atoms with E-state index < -0.39 is 11.4 Å². The van der Waals surface area contributed by atoms with Gasteiger partial charge in [0, 0.05) is 22.3 Å². The topological polar surface area (TPSA) is 46.5 Å². The van der Waals surface area contributed by atoms with Crippen molar-refractivity contribution in [3.05, 3.63) is 58.7 Å². The van der Waals surface area contributed by atoms with Gasteiger partial charge in [-0.2, -0.15) is 0 Å². The Bertz CT molecular complexity index is 637. The normalized spacial score (nSPS) is 28.1. The van der Waals surface area contributed by atoms with Crippen molar-refractivity contribution in [3.63, 3.8) is 0 Å². The molecular formula is C16H16O3. The molecule has 1 unspecified atom stereocenters. The lowest BCUT2D eigenvalue weighted by Crippen LogP contribution is -2.46.